The summed E-state index contributed by atoms with van der Waals surface area (Å²) in [6, 6.07) is 0.389. The van der Waals surface area contributed by atoms with E-state index in [4.69, 9.17) is 0 Å². The number of fused-ring (bicyclic) bond motifs is 1. The molecule has 2 heterocycles. The number of nitrogens with zero attached hydrogens (tertiary/aromatic N) is 4. The highest BCUT2D eigenvalue weighted by atomic mass is 16.2. The SMILES string of the molecule is CCCNC(C)CCn1nc2cnccn2c1=O. The van der Waals surface area contributed by atoms with Crippen LogP contribution in [0, 0.1) is 0 Å². The Morgan fingerprint density at radius 2 is 2.33 bits per heavy atom. The molecular weight excluding hydrogens is 230 g/mol. The van der Waals surface area contributed by atoms with Gasteiger partial charge in [-0.2, -0.15) is 0 Å². The van der Waals surface area contributed by atoms with Crippen molar-refractivity contribution in [2.75, 3.05) is 6.54 Å². The van der Waals surface area contributed by atoms with Crippen molar-refractivity contribution in [1.29, 1.82) is 0 Å². The fourth-order valence-electron chi connectivity index (χ4n) is 1.83. The minimum Gasteiger partial charge on any atom is -0.314 e. The number of hydrogen-bond acceptors (Lipinski definition) is 4. The smallest absolute Gasteiger partial charge is 0.314 e. The Morgan fingerprint density at radius 1 is 1.50 bits per heavy atom. The topological polar surface area (TPSA) is 64.2 Å². The molecule has 2 aromatic heterocycles. The summed E-state index contributed by atoms with van der Waals surface area (Å²) in [5.74, 6) is 0. The fraction of sp³-hybridized carbons (Fsp3) is 0.583. The van der Waals surface area contributed by atoms with Gasteiger partial charge in [-0.1, -0.05) is 6.92 Å². The van der Waals surface area contributed by atoms with Gasteiger partial charge in [0.05, 0.1) is 6.20 Å². The quantitative estimate of drug-likeness (QED) is 0.817. The first kappa shape index (κ1) is 12.8. The van der Waals surface area contributed by atoms with E-state index in [9.17, 15) is 4.79 Å². The van der Waals surface area contributed by atoms with Crippen molar-refractivity contribution in [3.8, 4) is 0 Å². The standard InChI is InChI=1S/C12H19N5O/c1-3-5-14-10(2)4-7-17-12(18)16-8-6-13-9-11(16)15-17/h6,8-10,14H,3-5,7H2,1-2H3. The average molecular weight is 249 g/mol. The van der Waals surface area contributed by atoms with Crippen LogP contribution < -0.4 is 11.0 Å². The van der Waals surface area contributed by atoms with E-state index in [-0.39, 0.29) is 5.69 Å². The van der Waals surface area contributed by atoms with E-state index >= 15 is 0 Å². The number of nitrogens with one attached hydrogen (secondary N) is 1. The van der Waals surface area contributed by atoms with Crippen LogP contribution in [-0.2, 0) is 6.54 Å². The fourth-order valence-corrected chi connectivity index (χ4v) is 1.83. The number of hydrogen-bond donors (Lipinski definition) is 1. The predicted octanol–water partition coefficient (Wildman–Crippen LogP) is 0.669. The summed E-state index contributed by atoms with van der Waals surface area (Å²) in [5.41, 5.74) is 0.492. The molecule has 0 aliphatic heterocycles. The summed E-state index contributed by atoms with van der Waals surface area (Å²) in [6.45, 7) is 5.89. The van der Waals surface area contributed by atoms with Crippen molar-refractivity contribution in [3.05, 3.63) is 29.1 Å². The molecule has 0 fully saturated rings. The molecule has 0 spiro atoms. The van der Waals surface area contributed by atoms with Crippen LogP contribution in [0.4, 0.5) is 0 Å². The molecule has 0 saturated heterocycles. The summed E-state index contributed by atoms with van der Waals surface area (Å²) < 4.78 is 3.01. The molecule has 6 nitrogen and oxygen atoms in total. The van der Waals surface area contributed by atoms with Crippen LogP contribution in [0.2, 0.25) is 0 Å². The van der Waals surface area contributed by atoms with E-state index < -0.39 is 0 Å². The molecule has 98 valence electrons. The van der Waals surface area contributed by atoms with E-state index in [2.05, 4.69) is 29.2 Å². The van der Waals surface area contributed by atoms with Crippen LogP contribution >= 0.6 is 0 Å². The van der Waals surface area contributed by atoms with Crippen LogP contribution in [0.3, 0.4) is 0 Å². The highest BCUT2D eigenvalue weighted by Gasteiger charge is 2.07. The van der Waals surface area contributed by atoms with E-state index in [1.807, 2.05) is 0 Å². The summed E-state index contributed by atoms with van der Waals surface area (Å²) in [6.07, 6.45) is 6.82. The molecule has 2 rings (SSSR count). The number of aryl methyl sites for hydroxylation is 1. The van der Waals surface area contributed by atoms with Gasteiger partial charge in [-0.15, -0.1) is 5.10 Å². The monoisotopic (exact) mass is 249 g/mol. The van der Waals surface area contributed by atoms with Crippen molar-refractivity contribution in [1.82, 2.24) is 24.5 Å². The molecule has 18 heavy (non-hydrogen) atoms. The second kappa shape index (κ2) is 5.77. The molecular formula is C12H19N5O. The Morgan fingerprint density at radius 3 is 3.06 bits per heavy atom. The lowest BCUT2D eigenvalue weighted by Crippen LogP contribution is -2.30. The van der Waals surface area contributed by atoms with Gasteiger partial charge in [-0.25, -0.2) is 13.9 Å². The molecule has 1 N–H and O–H groups in total. The second-order valence-corrected chi connectivity index (χ2v) is 4.45. The van der Waals surface area contributed by atoms with Crippen LogP contribution in [-0.4, -0.2) is 31.8 Å². The van der Waals surface area contributed by atoms with E-state index in [1.165, 1.54) is 9.08 Å². The minimum atomic E-state index is -0.102. The Hall–Kier alpha value is -1.69. The third kappa shape index (κ3) is 2.76. The van der Waals surface area contributed by atoms with Gasteiger partial charge in [-0.05, 0) is 26.3 Å². The molecule has 0 saturated carbocycles. The molecule has 0 aliphatic rings. The van der Waals surface area contributed by atoms with Gasteiger partial charge in [0.1, 0.15) is 0 Å². The van der Waals surface area contributed by atoms with E-state index in [0.29, 0.717) is 18.2 Å². The molecule has 2 aromatic rings. The molecule has 0 amide bonds. The largest absolute Gasteiger partial charge is 0.350 e. The van der Waals surface area contributed by atoms with Gasteiger partial charge in [-0.3, -0.25) is 4.98 Å². The van der Waals surface area contributed by atoms with Gasteiger partial charge in [0, 0.05) is 25.0 Å². The molecule has 6 heteroatoms. The highest BCUT2D eigenvalue weighted by molar-refractivity contribution is 5.31. The van der Waals surface area contributed by atoms with Crippen molar-refractivity contribution in [2.45, 2.75) is 39.3 Å². The first-order valence-electron chi connectivity index (χ1n) is 6.35. The Labute approximate surface area is 106 Å². The minimum absolute atomic E-state index is 0.102. The van der Waals surface area contributed by atoms with Crippen molar-refractivity contribution >= 4 is 5.65 Å². The van der Waals surface area contributed by atoms with Gasteiger partial charge in [0.15, 0.2) is 5.65 Å². The molecule has 0 aliphatic carbocycles. The lowest BCUT2D eigenvalue weighted by molar-refractivity contribution is 0.453. The summed E-state index contributed by atoms with van der Waals surface area (Å²) >= 11 is 0. The number of rotatable bonds is 6. The maximum Gasteiger partial charge on any atom is 0.350 e. The van der Waals surface area contributed by atoms with Crippen molar-refractivity contribution in [2.24, 2.45) is 0 Å². The molecule has 0 radical (unpaired) electrons. The Bertz CT molecular complexity index is 559. The second-order valence-electron chi connectivity index (χ2n) is 4.45. The van der Waals surface area contributed by atoms with Gasteiger partial charge in [0.2, 0.25) is 0 Å². The first-order valence-corrected chi connectivity index (χ1v) is 6.35. The molecule has 1 atom stereocenters. The zero-order valence-electron chi connectivity index (χ0n) is 10.8. The zero-order valence-corrected chi connectivity index (χ0v) is 10.8. The maximum atomic E-state index is 12.0. The molecule has 1 unspecified atom stereocenters. The lowest BCUT2D eigenvalue weighted by atomic mass is 10.2. The van der Waals surface area contributed by atoms with Gasteiger partial charge < -0.3 is 5.32 Å². The normalized spacial score (nSPS) is 13.0. The predicted molar refractivity (Wildman–Crippen MR) is 69.6 cm³/mol. The average Bonchev–Trinajstić information content (AvgIpc) is 2.71. The number of aromatic nitrogens is 4. The molecule has 0 bridgehead atoms. The summed E-state index contributed by atoms with van der Waals surface area (Å²) in [7, 11) is 0. The van der Waals surface area contributed by atoms with E-state index in [1.54, 1.807) is 18.6 Å². The van der Waals surface area contributed by atoms with Gasteiger partial charge >= 0.3 is 5.69 Å². The van der Waals surface area contributed by atoms with Gasteiger partial charge in [0.25, 0.3) is 0 Å². The van der Waals surface area contributed by atoms with Crippen LogP contribution in [0.1, 0.15) is 26.7 Å². The van der Waals surface area contributed by atoms with Crippen LogP contribution in [0.15, 0.2) is 23.4 Å². The zero-order chi connectivity index (χ0) is 13.0. The Kier molecular flexibility index (Phi) is 4.09. The van der Waals surface area contributed by atoms with Crippen LogP contribution in [0.5, 0.6) is 0 Å². The first-order chi connectivity index (χ1) is 8.72. The third-order valence-corrected chi connectivity index (χ3v) is 2.91. The van der Waals surface area contributed by atoms with Crippen LogP contribution in [0.25, 0.3) is 5.65 Å². The van der Waals surface area contributed by atoms with E-state index in [0.717, 1.165) is 19.4 Å². The maximum absolute atomic E-state index is 12.0. The Balaban J connectivity index is 2.04. The summed E-state index contributed by atoms with van der Waals surface area (Å²) in [5, 5.41) is 7.63. The lowest BCUT2D eigenvalue weighted by Gasteiger charge is -2.11. The van der Waals surface area contributed by atoms with Crippen molar-refractivity contribution in [3.63, 3.8) is 0 Å². The third-order valence-electron chi connectivity index (χ3n) is 2.91. The highest BCUT2D eigenvalue weighted by Crippen LogP contribution is 1.96. The summed E-state index contributed by atoms with van der Waals surface area (Å²) in [4.78, 5) is 15.9. The molecule has 0 aromatic carbocycles. The van der Waals surface area contributed by atoms with Crippen molar-refractivity contribution < 1.29 is 0 Å².